The summed E-state index contributed by atoms with van der Waals surface area (Å²) in [5, 5.41) is 11.9. The molecule has 1 aromatic carbocycles. The van der Waals surface area contributed by atoms with E-state index in [2.05, 4.69) is 11.9 Å². The number of rotatable bonds is 3. The van der Waals surface area contributed by atoms with Gasteiger partial charge in [0.1, 0.15) is 5.75 Å². The van der Waals surface area contributed by atoms with Gasteiger partial charge in [-0.2, -0.15) is 0 Å². The quantitative estimate of drug-likeness (QED) is 0.378. The number of phenols is 1. The van der Waals surface area contributed by atoms with Crippen LogP contribution in [0.2, 0.25) is 0 Å². The summed E-state index contributed by atoms with van der Waals surface area (Å²) in [7, 11) is 0. The van der Waals surface area contributed by atoms with Gasteiger partial charge in [0.25, 0.3) is 5.91 Å². The van der Waals surface area contributed by atoms with Crippen molar-refractivity contribution in [2.45, 2.75) is 0 Å². The summed E-state index contributed by atoms with van der Waals surface area (Å²) < 4.78 is 0. The first-order valence-electron chi connectivity index (χ1n) is 4.12. The zero-order valence-electron chi connectivity index (χ0n) is 7.66. The number of aromatic hydroxyl groups is 1. The number of phenolic OH excluding ortho intramolecular Hbond substituents is 1. The Bertz CT molecular complexity index is 361. The number of hydrogen-bond acceptors (Lipinski definition) is 3. The van der Waals surface area contributed by atoms with Crippen molar-refractivity contribution in [2.75, 3.05) is 12.3 Å². The molecule has 0 aromatic heterocycles. The standard InChI is InChI=1S/C10H12N2O2/c1-2-5-12-10(14)8-6-7(11)3-4-9(8)13/h2-4,6,13H,1,5,11H2,(H,12,14). The van der Waals surface area contributed by atoms with Crippen molar-refractivity contribution in [3.05, 3.63) is 36.4 Å². The van der Waals surface area contributed by atoms with E-state index < -0.39 is 0 Å². The minimum absolute atomic E-state index is 0.0826. The number of carbonyl (C=O) groups excluding carboxylic acids is 1. The van der Waals surface area contributed by atoms with E-state index in [4.69, 9.17) is 5.73 Å². The van der Waals surface area contributed by atoms with Gasteiger partial charge in [-0.25, -0.2) is 0 Å². The van der Waals surface area contributed by atoms with Gasteiger partial charge in [-0.15, -0.1) is 6.58 Å². The molecular weight excluding hydrogens is 180 g/mol. The maximum absolute atomic E-state index is 11.4. The minimum atomic E-state index is -0.366. The normalized spacial score (nSPS) is 9.43. The molecule has 0 spiro atoms. The predicted molar refractivity (Wildman–Crippen MR) is 55.0 cm³/mol. The molecule has 4 N–H and O–H groups in total. The van der Waals surface area contributed by atoms with Crippen molar-refractivity contribution in [2.24, 2.45) is 0 Å². The lowest BCUT2D eigenvalue weighted by atomic mass is 10.1. The number of benzene rings is 1. The molecule has 0 fully saturated rings. The van der Waals surface area contributed by atoms with Gasteiger partial charge >= 0.3 is 0 Å². The van der Waals surface area contributed by atoms with Crippen LogP contribution in [0.15, 0.2) is 30.9 Å². The summed E-state index contributed by atoms with van der Waals surface area (Å²) >= 11 is 0. The molecule has 0 atom stereocenters. The Hall–Kier alpha value is -1.97. The lowest BCUT2D eigenvalue weighted by molar-refractivity contribution is 0.0955. The SMILES string of the molecule is C=CCNC(=O)c1cc(N)ccc1O. The predicted octanol–water partition coefficient (Wildman–Crippen LogP) is 0.890. The molecule has 0 radical (unpaired) electrons. The average Bonchev–Trinajstić information content (AvgIpc) is 2.18. The van der Waals surface area contributed by atoms with E-state index in [0.29, 0.717) is 12.2 Å². The van der Waals surface area contributed by atoms with Gasteiger partial charge < -0.3 is 16.2 Å². The summed E-state index contributed by atoms with van der Waals surface area (Å²) in [6.45, 7) is 3.82. The van der Waals surface area contributed by atoms with Crippen LogP contribution < -0.4 is 11.1 Å². The maximum atomic E-state index is 11.4. The molecule has 0 saturated carbocycles. The summed E-state index contributed by atoms with van der Waals surface area (Å²) in [6, 6.07) is 4.34. The second-order valence-electron chi connectivity index (χ2n) is 2.78. The van der Waals surface area contributed by atoms with Crippen molar-refractivity contribution in [1.82, 2.24) is 5.32 Å². The fourth-order valence-electron chi connectivity index (χ4n) is 0.996. The van der Waals surface area contributed by atoms with Gasteiger partial charge in [0.05, 0.1) is 5.56 Å². The fraction of sp³-hybridized carbons (Fsp3) is 0.100. The summed E-state index contributed by atoms with van der Waals surface area (Å²) in [4.78, 5) is 11.4. The third kappa shape index (κ3) is 2.26. The molecule has 4 nitrogen and oxygen atoms in total. The second-order valence-corrected chi connectivity index (χ2v) is 2.78. The Morgan fingerprint density at radius 2 is 2.36 bits per heavy atom. The molecule has 0 aliphatic heterocycles. The molecule has 0 aliphatic rings. The molecule has 0 unspecified atom stereocenters. The first-order valence-corrected chi connectivity index (χ1v) is 4.12. The largest absolute Gasteiger partial charge is 0.507 e. The number of nitrogens with two attached hydrogens (primary N) is 1. The third-order valence-corrected chi connectivity index (χ3v) is 1.67. The Morgan fingerprint density at radius 3 is 3.00 bits per heavy atom. The molecule has 74 valence electrons. The molecule has 1 amide bonds. The van der Waals surface area contributed by atoms with Crippen molar-refractivity contribution < 1.29 is 9.90 Å². The Labute approximate surface area is 82.0 Å². The van der Waals surface area contributed by atoms with Crippen LogP contribution in [0.1, 0.15) is 10.4 Å². The highest BCUT2D eigenvalue weighted by Gasteiger charge is 2.09. The van der Waals surface area contributed by atoms with E-state index in [-0.39, 0.29) is 17.2 Å². The van der Waals surface area contributed by atoms with Crippen LogP contribution in [-0.4, -0.2) is 17.6 Å². The van der Waals surface area contributed by atoms with Crippen LogP contribution in [0, 0.1) is 0 Å². The first kappa shape index (κ1) is 10.1. The molecule has 0 saturated heterocycles. The zero-order valence-corrected chi connectivity index (χ0v) is 7.66. The Kier molecular flexibility index (Phi) is 3.12. The first-order chi connectivity index (χ1) is 6.65. The third-order valence-electron chi connectivity index (χ3n) is 1.67. The minimum Gasteiger partial charge on any atom is -0.507 e. The molecule has 1 rings (SSSR count). The van der Waals surface area contributed by atoms with Gasteiger partial charge in [0.2, 0.25) is 0 Å². The van der Waals surface area contributed by atoms with E-state index >= 15 is 0 Å². The van der Waals surface area contributed by atoms with Crippen molar-refractivity contribution in [1.29, 1.82) is 0 Å². The van der Waals surface area contributed by atoms with Crippen LogP contribution in [0.3, 0.4) is 0 Å². The number of nitrogen functional groups attached to an aromatic ring is 1. The Balaban J connectivity index is 2.88. The summed E-state index contributed by atoms with van der Waals surface area (Å²) in [5.74, 6) is -0.449. The van der Waals surface area contributed by atoms with Gasteiger partial charge in [0, 0.05) is 12.2 Å². The van der Waals surface area contributed by atoms with Gasteiger partial charge in [-0.05, 0) is 18.2 Å². The van der Waals surface area contributed by atoms with Crippen molar-refractivity contribution in [3.63, 3.8) is 0 Å². The molecule has 0 bridgehead atoms. The second kappa shape index (κ2) is 4.32. The van der Waals surface area contributed by atoms with E-state index in [1.54, 1.807) is 6.08 Å². The van der Waals surface area contributed by atoms with E-state index in [9.17, 15) is 9.90 Å². The highest BCUT2D eigenvalue weighted by molar-refractivity contribution is 5.97. The smallest absolute Gasteiger partial charge is 0.255 e. The molecule has 0 aliphatic carbocycles. The van der Waals surface area contributed by atoms with E-state index in [0.717, 1.165) is 0 Å². The monoisotopic (exact) mass is 192 g/mol. The highest BCUT2D eigenvalue weighted by atomic mass is 16.3. The fourth-order valence-corrected chi connectivity index (χ4v) is 0.996. The van der Waals surface area contributed by atoms with Crippen LogP contribution >= 0.6 is 0 Å². The molecule has 14 heavy (non-hydrogen) atoms. The average molecular weight is 192 g/mol. The maximum Gasteiger partial charge on any atom is 0.255 e. The number of carbonyl (C=O) groups is 1. The van der Waals surface area contributed by atoms with E-state index in [1.165, 1.54) is 18.2 Å². The zero-order chi connectivity index (χ0) is 10.6. The van der Waals surface area contributed by atoms with E-state index in [1.807, 2.05) is 0 Å². The van der Waals surface area contributed by atoms with Gasteiger partial charge in [-0.1, -0.05) is 6.08 Å². The molecule has 0 heterocycles. The number of amides is 1. The lowest BCUT2D eigenvalue weighted by Gasteiger charge is -2.05. The molecular formula is C10H12N2O2. The van der Waals surface area contributed by atoms with Crippen LogP contribution in [0.5, 0.6) is 5.75 Å². The summed E-state index contributed by atoms with van der Waals surface area (Å²) in [6.07, 6.45) is 1.56. The van der Waals surface area contributed by atoms with Crippen LogP contribution in [-0.2, 0) is 0 Å². The van der Waals surface area contributed by atoms with Crippen molar-refractivity contribution >= 4 is 11.6 Å². The number of anilines is 1. The van der Waals surface area contributed by atoms with Gasteiger partial charge in [-0.3, -0.25) is 4.79 Å². The van der Waals surface area contributed by atoms with Crippen LogP contribution in [0.25, 0.3) is 0 Å². The Morgan fingerprint density at radius 1 is 1.64 bits per heavy atom. The molecule has 1 aromatic rings. The number of hydrogen-bond donors (Lipinski definition) is 3. The molecule has 4 heteroatoms. The van der Waals surface area contributed by atoms with Gasteiger partial charge in [0.15, 0.2) is 0 Å². The highest BCUT2D eigenvalue weighted by Crippen LogP contribution is 2.19. The topological polar surface area (TPSA) is 75.4 Å². The van der Waals surface area contributed by atoms with Crippen LogP contribution in [0.4, 0.5) is 5.69 Å². The summed E-state index contributed by atoms with van der Waals surface area (Å²) in [5.41, 5.74) is 6.09. The lowest BCUT2D eigenvalue weighted by Crippen LogP contribution is -2.23. The number of nitrogens with one attached hydrogen (secondary N) is 1. The van der Waals surface area contributed by atoms with Crippen molar-refractivity contribution in [3.8, 4) is 5.75 Å².